The van der Waals surface area contributed by atoms with E-state index in [2.05, 4.69) is 32.9 Å². The standard InChI is InChI=1S/C11H20O/c1-10(2)6-4-7-11(3)8-5-9-12/h4-6,8,10-12H,7,9H2,1-3H3/b6-4+,8-5+. The first kappa shape index (κ1) is 11.4. The molecule has 0 aliphatic carbocycles. The van der Waals surface area contributed by atoms with Crippen LogP contribution in [-0.4, -0.2) is 11.7 Å². The molecule has 0 aromatic rings. The molecule has 12 heavy (non-hydrogen) atoms. The third-order valence-electron chi connectivity index (χ3n) is 1.60. The lowest BCUT2D eigenvalue weighted by molar-refractivity contribution is 0.342. The summed E-state index contributed by atoms with van der Waals surface area (Å²) in [7, 11) is 0. The van der Waals surface area contributed by atoms with Gasteiger partial charge in [-0.05, 0) is 18.3 Å². The number of rotatable bonds is 5. The van der Waals surface area contributed by atoms with Crippen molar-refractivity contribution in [1.29, 1.82) is 0 Å². The van der Waals surface area contributed by atoms with Crippen LogP contribution in [0.5, 0.6) is 0 Å². The molecule has 70 valence electrons. The van der Waals surface area contributed by atoms with Crippen LogP contribution in [0.3, 0.4) is 0 Å². The van der Waals surface area contributed by atoms with Gasteiger partial charge in [0.25, 0.3) is 0 Å². The van der Waals surface area contributed by atoms with Crippen LogP contribution in [0, 0.1) is 11.8 Å². The fraction of sp³-hybridized carbons (Fsp3) is 0.636. The van der Waals surface area contributed by atoms with Crippen molar-refractivity contribution in [1.82, 2.24) is 0 Å². The minimum Gasteiger partial charge on any atom is -0.392 e. The van der Waals surface area contributed by atoms with E-state index in [-0.39, 0.29) is 6.61 Å². The zero-order valence-electron chi connectivity index (χ0n) is 8.33. The van der Waals surface area contributed by atoms with Crippen LogP contribution in [-0.2, 0) is 0 Å². The Kier molecular flexibility index (Phi) is 6.78. The van der Waals surface area contributed by atoms with E-state index in [9.17, 15) is 0 Å². The molecule has 0 aliphatic rings. The van der Waals surface area contributed by atoms with Gasteiger partial charge in [-0.3, -0.25) is 0 Å². The summed E-state index contributed by atoms with van der Waals surface area (Å²) in [6, 6.07) is 0. The number of allylic oxidation sites excluding steroid dienone is 3. The molecule has 0 bridgehead atoms. The highest BCUT2D eigenvalue weighted by Crippen LogP contribution is 2.05. The molecule has 0 saturated carbocycles. The van der Waals surface area contributed by atoms with Crippen LogP contribution >= 0.6 is 0 Å². The van der Waals surface area contributed by atoms with Gasteiger partial charge >= 0.3 is 0 Å². The molecular weight excluding hydrogens is 148 g/mol. The maximum absolute atomic E-state index is 8.52. The Bertz CT molecular complexity index is 145. The SMILES string of the molecule is CC(C)/C=C/CC(C)/C=C/CO. The summed E-state index contributed by atoms with van der Waals surface area (Å²) >= 11 is 0. The molecule has 0 fully saturated rings. The molecule has 1 atom stereocenters. The second kappa shape index (κ2) is 7.11. The largest absolute Gasteiger partial charge is 0.392 e. The highest BCUT2D eigenvalue weighted by molar-refractivity contribution is 4.92. The van der Waals surface area contributed by atoms with Crippen molar-refractivity contribution in [3.8, 4) is 0 Å². The summed E-state index contributed by atoms with van der Waals surface area (Å²) in [6.45, 7) is 6.64. The quantitative estimate of drug-likeness (QED) is 0.626. The van der Waals surface area contributed by atoms with Gasteiger partial charge in [-0.1, -0.05) is 45.1 Å². The first-order valence-corrected chi connectivity index (χ1v) is 4.61. The van der Waals surface area contributed by atoms with E-state index in [0.29, 0.717) is 11.8 Å². The molecule has 0 amide bonds. The Hall–Kier alpha value is -0.560. The fourth-order valence-electron chi connectivity index (χ4n) is 0.937. The molecule has 0 radical (unpaired) electrons. The molecule has 0 aromatic heterocycles. The Balaban J connectivity index is 3.56. The van der Waals surface area contributed by atoms with Crippen molar-refractivity contribution in [3.05, 3.63) is 24.3 Å². The normalized spacial score (nSPS) is 15.1. The molecule has 0 aliphatic heterocycles. The monoisotopic (exact) mass is 168 g/mol. The predicted molar refractivity (Wildman–Crippen MR) is 54.0 cm³/mol. The van der Waals surface area contributed by atoms with E-state index < -0.39 is 0 Å². The number of hydrogen-bond donors (Lipinski definition) is 1. The van der Waals surface area contributed by atoms with E-state index in [1.165, 1.54) is 0 Å². The van der Waals surface area contributed by atoms with Crippen LogP contribution in [0.4, 0.5) is 0 Å². The smallest absolute Gasteiger partial charge is 0.0612 e. The van der Waals surface area contributed by atoms with Gasteiger partial charge in [0, 0.05) is 0 Å². The Morgan fingerprint density at radius 1 is 1.08 bits per heavy atom. The molecule has 0 aromatic carbocycles. The van der Waals surface area contributed by atoms with Gasteiger partial charge < -0.3 is 5.11 Å². The zero-order chi connectivity index (χ0) is 9.40. The van der Waals surface area contributed by atoms with Gasteiger partial charge in [0.2, 0.25) is 0 Å². The van der Waals surface area contributed by atoms with Crippen molar-refractivity contribution in [2.24, 2.45) is 11.8 Å². The first-order valence-electron chi connectivity index (χ1n) is 4.61. The minimum atomic E-state index is 0.151. The molecule has 1 unspecified atom stereocenters. The van der Waals surface area contributed by atoms with Crippen molar-refractivity contribution >= 4 is 0 Å². The van der Waals surface area contributed by atoms with Gasteiger partial charge in [0.05, 0.1) is 6.61 Å². The van der Waals surface area contributed by atoms with Crippen molar-refractivity contribution in [3.63, 3.8) is 0 Å². The fourth-order valence-corrected chi connectivity index (χ4v) is 0.937. The molecule has 0 spiro atoms. The molecule has 1 nitrogen and oxygen atoms in total. The molecule has 0 saturated heterocycles. The summed E-state index contributed by atoms with van der Waals surface area (Å²) in [5, 5.41) is 8.52. The average Bonchev–Trinajstić information content (AvgIpc) is 2.00. The van der Waals surface area contributed by atoms with Gasteiger partial charge in [-0.15, -0.1) is 0 Å². The van der Waals surface area contributed by atoms with E-state index in [4.69, 9.17) is 5.11 Å². The zero-order valence-corrected chi connectivity index (χ0v) is 8.33. The maximum atomic E-state index is 8.52. The van der Waals surface area contributed by atoms with Crippen molar-refractivity contribution in [2.75, 3.05) is 6.61 Å². The van der Waals surface area contributed by atoms with E-state index in [1.807, 2.05) is 6.08 Å². The lowest BCUT2D eigenvalue weighted by Crippen LogP contribution is -1.88. The second-order valence-corrected chi connectivity index (χ2v) is 3.50. The summed E-state index contributed by atoms with van der Waals surface area (Å²) in [5.74, 6) is 1.17. The van der Waals surface area contributed by atoms with Gasteiger partial charge in [-0.25, -0.2) is 0 Å². The summed E-state index contributed by atoms with van der Waals surface area (Å²) in [4.78, 5) is 0. The second-order valence-electron chi connectivity index (χ2n) is 3.50. The van der Waals surface area contributed by atoms with E-state index >= 15 is 0 Å². The highest BCUT2D eigenvalue weighted by Gasteiger charge is 1.92. The van der Waals surface area contributed by atoms with Crippen molar-refractivity contribution < 1.29 is 5.11 Å². The first-order chi connectivity index (χ1) is 5.66. The Labute approximate surface area is 75.8 Å². The number of hydrogen-bond acceptors (Lipinski definition) is 1. The van der Waals surface area contributed by atoms with Crippen LogP contribution in [0.15, 0.2) is 24.3 Å². The third-order valence-corrected chi connectivity index (χ3v) is 1.60. The van der Waals surface area contributed by atoms with Crippen LogP contribution in [0.25, 0.3) is 0 Å². The van der Waals surface area contributed by atoms with Gasteiger partial charge in [0.1, 0.15) is 0 Å². The summed E-state index contributed by atoms with van der Waals surface area (Å²) in [6.07, 6.45) is 9.33. The highest BCUT2D eigenvalue weighted by atomic mass is 16.2. The molecule has 0 heterocycles. The molecule has 0 rings (SSSR count). The maximum Gasteiger partial charge on any atom is 0.0612 e. The average molecular weight is 168 g/mol. The third kappa shape index (κ3) is 7.55. The van der Waals surface area contributed by atoms with Crippen LogP contribution < -0.4 is 0 Å². The predicted octanol–water partition coefficient (Wildman–Crippen LogP) is 2.77. The van der Waals surface area contributed by atoms with Crippen LogP contribution in [0.2, 0.25) is 0 Å². The summed E-state index contributed by atoms with van der Waals surface area (Å²) in [5.41, 5.74) is 0. The minimum absolute atomic E-state index is 0.151. The lowest BCUT2D eigenvalue weighted by atomic mass is 10.1. The molecular formula is C11H20O. The van der Waals surface area contributed by atoms with Crippen molar-refractivity contribution in [2.45, 2.75) is 27.2 Å². The molecule has 1 N–H and O–H groups in total. The topological polar surface area (TPSA) is 20.2 Å². The Morgan fingerprint density at radius 2 is 1.75 bits per heavy atom. The summed E-state index contributed by atoms with van der Waals surface area (Å²) < 4.78 is 0. The number of aliphatic hydroxyl groups is 1. The Morgan fingerprint density at radius 3 is 2.25 bits per heavy atom. The van der Waals surface area contributed by atoms with E-state index in [1.54, 1.807) is 6.08 Å². The van der Waals surface area contributed by atoms with E-state index in [0.717, 1.165) is 6.42 Å². The molecule has 1 heteroatoms. The van der Waals surface area contributed by atoms with Gasteiger partial charge in [-0.2, -0.15) is 0 Å². The number of aliphatic hydroxyl groups excluding tert-OH is 1. The van der Waals surface area contributed by atoms with Gasteiger partial charge in [0.15, 0.2) is 0 Å². The van der Waals surface area contributed by atoms with Crippen LogP contribution in [0.1, 0.15) is 27.2 Å². The lowest BCUT2D eigenvalue weighted by Gasteiger charge is -2.00.